The Kier molecular flexibility index (Phi) is 5.99. The molecule has 6 nitrogen and oxygen atoms in total. The van der Waals surface area contributed by atoms with E-state index in [1.807, 2.05) is 24.3 Å². The number of halogens is 1. The topological polar surface area (TPSA) is 50.6 Å². The molecule has 1 aromatic carbocycles. The van der Waals surface area contributed by atoms with Crippen LogP contribution < -0.4 is 0 Å². The van der Waals surface area contributed by atoms with E-state index in [4.69, 9.17) is 16.3 Å². The first-order chi connectivity index (χ1) is 13.6. The average Bonchev–Trinajstić information content (AvgIpc) is 3.14. The number of amides is 1. The number of nitrogens with zero attached hydrogens (tertiary/aromatic N) is 4. The number of piperidine rings is 1. The molecule has 2 aromatic rings. The Bertz CT molecular complexity index is 801. The Morgan fingerprint density at radius 1 is 1.18 bits per heavy atom. The van der Waals surface area contributed by atoms with E-state index in [9.17, 15) is 4.79 Å². The van der Waals surface area contributed by atoms with Crippen molar-refractivity contribution in [2.75, 3.05) is 32.8 Å². The van der Waals surface area contributed by atoms with Crippen LogP contribution in [0.2, 0.25) is 5.02 Å². The lowest BCUT2D eigenvalue weighted by molar-refractivity contribution is -0.0741. The standard InChI is InChI=1S/C21H27ClN4O2/c1-24-14-17(13-23-24)20-19(15-25-9-3-2-4-10-25)28-12-11-26(20)21(27)16-5-7-18(22)8-6-16/h5-8,13-14,19-20H,2-4,9-12,15H2,1H3/t19-,20-/m0/s1. The van der Waals surface area contributed by atoms with Gasteiger partial charge in [-0.05, 0) is 50.2 Å². The molecule has 7 heteroatoms. The summed E-state index contributed by atoms with van der Waals surface area (Å²) >= 11 is 6.00. The van der Waals surface area contributed by atoms with Gasteiger partial charge in [0.05, 0.1) is 24.9 Å². The van der Waals surface area contributed by atoms with E-state index < -0.39 is 0 Å². The largest absolute Gasteiger partial charge is 0.373 e. The molecular formula is C21H27ClN4O2. The molecule has 0 unspecified atom stereocenters. The second kappa shape index (κ2) is 8.64. The second-order valence-corrected chi connectivity index (χ2v) is 8.10. The number of rotatable bonds is 4. The number of aryl methyl sites for hydroxylation is 1. The first kappa shape index (κ1) is 19.4. The highest BCUT2D eigenvalue weighted by molar-refractivity contribution is 6.30. The van der Waals surface area contributed by atoms with Gasteiger partial charge in [0, 0.05) is 42.5 Å². The molecule has 0 bridgehead atoms. The molecule has 2 aliphatic rings. The minimum absolute atomic E-state index is 0.0115. The lowest BCUT2D eigenvalue weighted by atomic mass is 9.98. The molecule has 150 valence electrons. The fraction of sp³-hybridized carbons (Fsp3) is 0.524. The highest BCUT2D eigenvalue weighted by atomic mass is 35.5. The quantitative estimate of drug-likeness (QED) is 0.788. The number of carbonyl (C=O) groups is 1. The molecule has 3 heterocycles. The Hall–Kier alpha value is -1.89. The summed E-state index contributed by atoms with van der Waals surface area (Å²) in [6, 6.07) is 6.96. The zero-order chi connectivity index (χ0) is 19.5. The fourth-order valence-electron chi connectivity index (χ4n) is 4.26. The van der Waals surface area contributed by atoms with Crippen molar-refractivity contribution in [3.63, 3.8) is 0 Å². The van der Waals surface area contributed by atoms with E-state index in [0.717, 1.165) is 25.2 Å². The fourth-order valence-corrected chi connectivity index (χ4v) is 4.38. The van der Waals surface area contributed by atoms with E-state index in [1.54, 1.807) is 28.9 Å². The van der Waals surface area contributed by atoms with Crippen LogP contribution in [0.4, 0.5) is 0 Å². The van der Waals surface area contributed by atoms with Crippen LogP contribution in [0.25, 0.3) is 0 Å². The molecule has 2 fully saturated rings. The lowest BCUT2D eigenvalue weighted by Crippen LogP contribution is -2.52. The molecule has 0 saturated carbocycles. The van der Waals surface area contributed by atoms with Crippen LogP contribution >= 0.6 is 11.6 Å². The first-order valence-electron chi connectivity index (χ1n) is 10.0. The third-order valence-electron chi connectivity index (χ3n) is 5.66. The number of ether oxygens (including phenoxy) is 1. The van der Waals surface area contributed by atoms with Gasteiger partial charge in [-0.25, -0.2) is 0 Å². The van der Waals surface area contributed by atoms with Gasteiger partial charge >= 0.3 is 0 Å². The Labute approximate surface area is 171 Å². The molecule has 0 N–H and O–H groups in total. The number of hydrogen-bond acceptors (Lipinski definition) is 4. The van der Waals surface area contributed by atoms with Gasteiger partial charge in [0.25, 0.3) is 5.91 Å². The first-order valence-corrected chi connectivity index (χ1v) is 10.4. The minimum Gasteiger partial charge on any atom is -0.373 e. The van der Waals surface area contributed by atoms with Crippen molar-refractivity contribution >= 4 is 17.5 Å². The summed E-state index contributed by atoms with van der Waals surface area (Å²) in [6.45, 7) is 4.16. The van der Waals surface area contributed by atoms with Crippen LogP contribution in [0.3, 0.4) is 0 Å². The normalized spacial score (nSPS) is 23.7. The van der Waals surface area contributed by atoms with Crippen LogP contribution in [0.15, 0.2) is 36.7 Å². The Morgan fingerprint density at radius 2 is 1.93 bits per heavy atom. The van der Waals surface area contributed by atoms with Crippen molar-refractivity contribution in [2.24, 2.45) is 7.05 Å². The number of aromatic nitrogens is 2. The molecular weight excluding hydrogens is 376 g/mol. The maximum absolute atomic E-state index is 13.3. The SMILES string of the molecule is Cn1cc([C@H]2[C@H](CN3CCCCC3)OCCN2C(=O)c2ccc(Cl)cc2)cn1. The average molecular weight is 403 g/mol. The molecule has 2 aliphatic heterocycles. The van der Waals surface area contributed by atoms with Gasteiger partial charge in [-0.15, -0.1) is 0 Å². The number of benzene rings is 1. The highest BCUT2D eigenvalue weighted by Gasteiger charge is 2.38. The highest BCUT2D eigenvalue weighted by Crippen LogP contribution is 2.32. The van der Waals surface area contributed by atoms with Crippen LogP contribution in [-0.2, 0) is 11.8 Å². The van der Waals surface area contributed by atoms with Gasteiger partial charge in [0.1, 0.15) is 0 Å². The molecule has 2 saturated heterocycles. The van der Waals surface area contributed by atoms with Crippen molar-refractivity contribution < 1.29 is 9.53 Å². The van der Waals surface area contributed by atoms with Crippen molar-refractivity contribution in [2.45, 2.75) is 31.4 Å². The van der Waals surface area contributed by atoms with Gasteiger partial charge in [0.2, 0.25) is 0 Å². The van der Waals surface area contributed by atoms with Crippen LogP contribution in [0, 0.1) is 0 Å². The number of carbonyl (C=O) groups excluding carboxylic acids is 1. The molecule has 0 aliphatic carbocycles. The smallest absolute Gasteiger partial charge is 0.254 e. The predicted octanol–water partition coefficient (Wildman–Crippen LogP) is 3.14. The summed E-state index contributed by atoms with van der Waals surface area (Å²) in [5, 5.41) is 4.97. The molecule has 4 rings (SSSR count). The van der Waals surface area contributed by atoms with Crippen molar-refractivity contribution in [1.29, 1.82) is 0 Å². The van der Waals surface area contributed by atoms with Gasteiger partial charge in [-0.2, -0.15) is 5.10 Å². The van der Waals surface area contributed by atoms with Crippen molar-refractivity contribution in [3.8, 4) is 0 Å². The van der Waals surface area contributed by atoms with E-state index >= 15 is 0 Å². The summed E-state index contributed by atoms with van der Waals surface area (Å²) in [5.74, 6) is 0.0115. The van der Waals surface area contributed by atoms with Crippen LogP contribution in [-0.4, -0.2) is 64.4 Å². The summed E-state index contributed by atoms with van der Waals surface area (Å²) in [4.78, 5) is 17.7. The van der Waals surface area contributed by atoms with E-state index in [1.165, 1.54) is 19.3 Å². The summed E-state index contributed by atoms with van der Waals surface area (Å²) < 4.78 is 7.98. The number of hydrogen-bond donors (Lipinski definition) is 0. The van der Waals surface area contributed by atoms with E-state index in [-0.39, 0.29) is 18.1 Å². The van der Waals surface area contributed by atoms with Gasteiger partial charge in [-0.3, -0.25) is 9.48 Å². The minimum atomic E-state index is -0.146. The number of morpholine rings is 1. The molecule has 28 heavy (non-hydrogen) atoms. The summed E-state index contributed by atoms with van der Waals surface area (Å²) in [6.07, 6.45) is 7.55. The Morgan fingerprint density at radius 3 is 2.61 bits per heavy atom. The third-order valence-corrected chi connectivity index (χ3v) is 5.91. The van der Waals surface area contributed by atoms with Crippen molar-refractivity contribution in [3.05, 3.63) is 52.8 Å². The summed E-state index contributed by atoms with van der Waals surface area (Å²) in [5.41, 5.74) is 1.67. The Balaban J connectivity index is 1.61. The van der Waals surface area contributed by atoms with Gasteiger partial charge in [-0.1, -0.05) is 18.0 Å². The molecule has 0 radical (unpaired) electrons. The van der Waals surface area contributed by atoms with E-state index in [2.05, 4.69) is 10.00 Å². The zero-order valence-corrected chi connectivity index (χ0v) is 17.0. The molecule has 1 amide bonds. The third kappa shape index (κ3) is 4.24. The van der Waals surface area contributed by atoms with Crippen LogP contribution in [0.5, 0.6) is 0 Å². The van der Waals surface area contributed by atoms with Gasteiger partial charge in [0.15, 0.2) is 0 Å². The van der Waals surface area contributed by atoms with Crippen molar-refractivity contribution in [1.82, 2.24) is 19.6 Å². The number of likely N-dealkylation sites (tertiary alicyclic amines) is 1. The maximum atomic E-state index is 13.3. The molecule has 1 aromatic heterocycles. The molecule has 0 spiro atoms. The maximum Gasteiger partial charge on any atom is 0.254 e. The van der Waals surface area contributed by atoms with E-state index in [0.29, 0.717) is 23.7 Å². The monoisotopic (exact) mass is 402 g/mol. The molecule has 2 atom stereocenters. The zero-order valence-electron chi connectivity index (χ0n) is 16.3. The second-order valence-electron chi connectivity index (χ2n) is 7.67. The summed E-state index contributed by atoms with van der Waals surface area (Å²) in [7, 11) is 1.90. The lowest BCUT2D eigenvalue weighted by Gasteiger charge is -2.43. The predicted molar refractivity (Wildman–Crippen MR) is 108 cm³/mol. The van der Waals surface area contributed by atoms with Gasteiger partial charge < -0.3 is 14.5 Å². The van der Waals surface area contributed by atoms with Crippen LogP contribution in [0.1, 0.15) is 41.2 Å².